The van der Waals surface area contributed by atoms with Crippen molar-refractivity contribution in [3.05, 3.63) is 63.1 Å². The fraction of sp³-hybridized carbons (Fsp3) is 0.333. The molecule has 1 aliphatic rings. The summed E-state index contributed by atoms with van der Waals surface area (Å²) in [5, 5.41) is 1.27. The second kappa shape index (κ2) is 6.68. The predicted molar refractivity (Wildman–Crippen MR) is 98.8 cm³/mol. The average molecular weight is 384 g/mol. The van der Waals surface area contributed by atoms with E-state index in [9.17, 15) is 8.42 Å². The summed E-state index contributed by atoms with van der Waals surface area (Å²) in [7, 11) is -3.24. The molecule has 0 aromatic heterocycles. The maximum atomic E-state index is 11.9. The van der Waals surface area contributed by atoms with Gasteiger partial charge in [-0.1, -0.05) is 42.3 Å². The van der Waals surface area contributed by atoms with Gasteiger partial charge in [0.05, 0.1) is 4.90 Å². The molecule has 0 saturated heterocycles. The third-order valence-electron chi connectivity index (χ3n) is 4.53. The van der Waals surface area contributed by atoms with E-state index in [1.54, 1.807) is 24.3 Å². The van der Waals surface area contributed by atoms with E-state index in [0.717, 1.165) is 36.3 Å². The molecule has 128 valence electrons. The third-order valence-corrected chi connectivity index (χ3v) is 6.19. The summed E-state index contributed by atoms with van der Waals surface area (Å²) in [4.78, 5) is 2.64. The van der Waals surface area contributed by atoms with Crippen LogP contribution in [0, 0.1) is 0 Å². The molecule has 0 amide bonds. The Morgan fingerprint density at radius 2 is 1.96 bits per heavy atom. The Morgan fingerprint density at radius 3 is 2.62 bits per heavy atom. The molecule has 1 atom stereocenters. The monoisotopic (exact) mass is 383 g/mol. The highest BCUT2D eigenvalue weighted by Gasteiger charge is 2.28. The van der Waals surface area contributed by atoms with Gasteiger partial charge in [-0.2, -0.15) is 0 Å². The first kappa shape index (κ1) is 17.7. The lowest BCUT2D eigenvalue weighted by molar-refractivity contribution is 0.253. The molecule has 24 heavy (non-hydrogen) atoms. The highest BCUT2D eigenvalue weighted by Crippen LogP contribution is 2.39. The summed E-state index contributed by atoms with van der Waals surface area (Å²) in [5.74, 6) is 0.0478. The molecule has 2 aromatic carbocycles. The molecular formula is C18H19Cl2NO2S. The smallest absolute Gasteiger partial charge is 0.175 e. The Kier molecular flexibility index (Phi) is 4.94. The zero-order valence-corrected chi connectivity index (χ0v) is 15.9. The Bertz CT molecular complexity index is 881. The van der Waals surface area contributed by atoms with Crippen LogP contribution in [0.1, 0.15) is 29.5 Å². The highest BCUT2D eigenvalue weighted by atomic mass is 35.5. The predicted octanol–water partition coefficient (Wildman–Crippen LogP) is 4.36. The maximum absolute atomic E-state index is 11.9. The molecular weight excluding hydrogens is 365 g/mol. The van der Waals surface area contributed by atoms with Gasteiger partial charge in [0.1, 0.15) is 0 Å². The molecule has 3 nitrogen and oxygen atoms in total. The van der Waals surface area contributed by atoms with Crippen molar-refractivity contribution < 1.29 is 8.42 Å². The van der Waals surface area contributed by atoms with Crippen LogP contribution in [0.2, 0.25) is 10.0 Å². The topological polar surface area (TPSA) is 37.4 Å². The first-order chi connectivity index (χ1) is 11.3. The highest BCUT2D eigenvalue weighted by molar-refractivity contribution is 7.90. The van der Waals surface area contributed by atoms with Gasteiger partial charge in [-0.25, -0.2) is 8.42 Å². The van der Waals surface area contributed by atoms with E-state index in [1.165, 1.54) is 6.26 Å². The minimum Gasteiger partial charge on any atom is -0.298 e. The van der Waals surface area contributed by atoms with E-state index in [-0.39, 0.29) is 5.92 Å². The van der Waals surface area contributed by atoms with Crippen molar-refractivity contribution in [2.45, 2.75) is 24.3 Å². The van der Waals surface area contributed by atoms with Gasteiger partial charge < -0.3 is 0 Å². The summed E-state index contributed by atoms with van der Waals surface area (Å²) in [6, 6.07) is 10.9. The van der Waals surface area contributed by atoms with Gasteiger partial charge in [0.15, 0.2) is 9.84 Å². The first-order valence-electron chi connectivity index (χ1n) is 7.79. The summed E-state index contributed by atoms with van der Waals surface area (Å²) < 4.78 is 23.8. The van der Waals surface area contributed by atoms with Gasteiger partial charge in [0.2, 0.25) is 0 Å². The zero-order chi connectivity index (χ0) is 17.5. The summed E-state index contributed by atoms with van der Waals surface area (Å²) >= 11 is 12.6. The lowest BCUT2D eigenvalue weighted by atomic mass is 9.84. The quantitative estimate of drug-likeness (QED) is 0.789. The van der Waals surface area contributed by atoms with Crippen molar-refractivity contribution in [2.75, 3.05) is 19.3 Å². The number of likely N-dealkylation sites (N-methyl/N-ethyl adjacent to an activating group) is 1. The molecule has 0 bridgehead atoms. The van der Waals surface area contributed by atoms with Crippen LogP contribution in [0.4, 0.5) is 0 Å². The lowest BCUT2D eigenvalue weighted by Crippen LogP contribution is -2.34. The number of rotatable bonds is 3. The van der Waals surface area contributed by atoms with Crippen LogP contribution in [0.15, 0.2) is 41.3 Å². The Hall–Kier alpha value is -1.07. The number of benzene rings is 2. The van der Waals surface area contributed by atoms with Crippen LogP contribution in [0.3, 0.4) is 0 Å². The minimum absolute atomic E-state index is 0.0478. The van der Waals surface area contributed by atoms with Gasteiger partial charge in [0, 0.05) is 35.3 Å². The van der Waals surface area contributed by atoms with E-state index >= 15 is 0 Å². The molecule has 6 heteroatoms. The number of hydrogen-bond donors (Lipinski definition) is 0. The van der Waals surface area contributed by atoms with Crippen molar-refractivity contribution >= 4 is 33.0 Å². The summed E-state index contributed by atoms with van der Waals surface area (Å²) in [6.07, 6.45) is 1.23. The third kappa shape index (κ3) is 3.47. The standard InChI is InChI=1S/C18H19Cl2NO2S/c1-3-21-10-16(12-5-4-6-14(7-12)24(2,22)23)15-8-13(19)9-18(20)17(15)11-21/h4-9,16H,3,10-11H2,1-2H3. The van der Waals surface area contributed by atoms with E-state index in [2.05, 4.69) is 11.8 Å². The van der Waals surface area contributed by atoms with Crippen molar-refractivity contribution in [1.82, 2.24) is 4.90 Å². The molecule has 0 saturated carbocycles. The van der Waals surface area contributed by atoms with Gasteiger partial charge >= 0.3 is 0 Å². The SMILES string of the molecule is CCN1Cc2c(Cl)cc(Cl)cc2C(c2cccc(S(C)(=O)=O)c2)C1. The van der Waals surface area contributed by atoms with Crippen molar-refractivity contribution in [2.24, 2.45) is 0 Å². The molecule has 2 aromatic rings. The minimum atomic E-state index is -3.24. The van der Waals surface area contributed by atoms with E-state index in [0.29, 0.717) is 14.9 Å². The molecule has 1 heterocycles. The van der Waals surface area contributed by atoms with Crippen LogP contribution in [0.5, 0.6) is 0 Å². The molecule has 0 radical (unpaired) electrons. The Morgan fingerprint density at radius 1 is 1.21 bits per heavy atom. The molecule has 1 aliphatic heterocycles. The van der Waals surface area contributed by atoms with E-state index in [4.69, 9.17) is 23.2 Å². The van der Waals surface area contributed by atoms with Gasteiger partial charge in [0.25, 0.3) is 0 Å². The number of nitrogens with zero attached hydrogens (tertiary/aromatic N) is 1. The van der Waals surface area contributed by atoms with Crippen molar-refractivity contribution in [1.29, 1.82) is 0 Å². The normalized spacial score (nSPS) is 18.4. The first-order valence-corrected chi connectivity index (χ1v) is 10.4. The van der Waals surface area contributed by atoms with Crippen molar-refractivity contribution in [3.63, 3.8) is 0 Å². The number of sulfone groups is 1. The van der Waals surface area contributed by atoms with Crippen LogP contribution in [-0.2, 0) is 16.4 Å². The molecule has 1 unspecified atom stereocenters. The second-order valence-corrected chi connectivity index (χ2v) is 9.04. The fourth-order valence-corrected chi connectivity index (χ4v) is 4.48. The fourth-order valence-electron chi connectivity index (χ4n) is 3.23. The zero-order valence-electron chi connectivity index (χ0n) is 13.6. The Labute approximate surface area is 153 Å². The summed E-state index contributed by atoms with van der Waals surface area (Å²) in [6.45, 7) is 4.61. The van der Waals surface area contributed by atoms with Gasteiger partial charge in [-0.15, -0.1) is 0 Å². The number of hydrogen-bond acceptors (Lipinski definition) is 3. The molecule has 0 aliphatic carbocycles. The van der Waals surface area contributed by atoms with Gasteiger partial charge in [-0.3, -0.25) is 4.90 Å². The molecule has 0 spiro atoms. The van der Waals surface area contributed by atoms with Crippen LogP contribution < -0.4 is 0 Å². The van der Waals surface area contributed by atoms with E-state index < -0.39 is 9.84 Å². The summed E-state index contributed by atoms with van der Waals surface area (Å²) in [5.41, 5.74) is 3.13. The van der Waals surface area contributed by atoms with Crippen molar-refractivity contribution in [3.8, 4) is 0 Å². The number of fused-ring (bicyclic) bond motifs is 1. The van der Waals surface area contributed by atoms with Crippen LogP contribution in [-0.4, -0.2) is 32.7 Å². The molecule has 0 fully saturated rings. The Balaban J connectivity index is 2.15. The lowest BCUT2D eigenvalue weighted by Gasteiger charge is -2.35. The maximum Gasteiger partial charge on any atom is 0.175 e. The largest absolute Gasteiger partial charge is 0.298 e. The second-order valence-electron chi connectivity index (χ2n) is 6.18. The average Bonchev–Trinajstić information content (AvgIpc) is 2.53. The molecule has 3 rings (SSSR count). The van der Waals surface area contributed by atoms with Crippen LogP contribution >= 0.6 is 23.2 Å². The van der Waals surface area contributed by atoms with Gasteiger partial charge in [-0.05, 0) is 47.5 Å². The molecule has 0 N–H and O–H groups in total. The van der Waals surface area contributed by atoms with E-state index in [1.807, 2.05) is 12.1 Å². The number of halogens is 2. The van der Waals surface area contributed by atoms with Crippen LogP contribution in [0.25, 0.3) is 0 Å².